The van der Waals surface area contributed by atoms with Crippen molar-refractivity contribution in [1.82, 2.24) is 0 Å². The maximum Gasteiger partial charge on any atom is 0.306 e. The first kappa shape index (κ1) is 13.3. The second-order valence-electron chi connectivity index (χ2n) is 3.84. The molecular weight excluding hydrogens is 222 g/mol. The molecule has 0 aliphatic carbocycles. The van der Waals surface area contributed by atoms with Gasteiger partial charge in [-0.25, -0.2) is 0 Å². The number of carboxylic acid groups (broad SMARTS) is 1. The number of ether oxygens (including phenoxy) is 1. The first-order valence-electron chi connectivity index (χ1n) is 5.31. The van der Waals surface area contributed by atoms with E-state index < -0.39 is 12.1 Å². The number of nitrogens with one attached hydrogen (secondary N) is 1. The van der Waals surface area contributed by atoms with Gasteiger partial charge in [0.2, 0.25) is 0 Å². The molecule has 0 spiro atoms. The van der Waals surface area contributed by atoms with E-state index in [0.29, 0.717) is 5.75 Å². The maximum absolute atomic E-state index is 10.4. The highest BCUT2D eigenvalue weighted by molar-refractivity contribution is 5.67. The summed E-state index contributed by atoms with van der Waals surface area (Å²) in [5.74, 6) is -0.353. The minimum atomic E-state index is -1.02. The summed E-state index contributed by atoms with van der Waals surface area (Å²) in [5.41, 5.74) is 1.80. The Hall–Kier alpha value is -1.75. The van der Waals surface area contributed by atoms with Crippen molar-refractivity contribution < 1.29 is 19.7 Å². The van der Waals surface area contributed by atoms with Crippen LogP contribution in [0.2, 0.25) is 0 Å². The maximum atomic E-state index is 10.4. The predicted octanol–water partition coefficient (Wildman–Crippen LogP) is 1.25. The molecule has 5 heteroatoms. The van der Waals surface area contributed by atoms with Crippen LogP contribution in [0.3, 0.4) is 0 Å². The minimum absolute atomic E-state index is 0.173. The van der Waals surface area contributed by atoms with Gasteiger partial charge in [-0.05, 0) is 24.6 Å². The van der Waals surface area contributed by atoms with Gasteiger partial charge in [0.1, 0.15) is 5.75 Å². The van der Waals surface area contributed by atoms with Crippen LogP contribution >= 0.6 is 0 Å². The van der Waals surface area contributed by atoms with E-state index in [1.54, 1.807) is 7.11 Å². The van der Waals surface area contributed by atoms with Crippen molar-refractivity contribution in [2.24, 2.45) is 0 Å². The summed E-state index contributed by atoms with van der Waals surface area (Å²) >= 11 is 0. The number of aryl methyl sites for hydroxylation is 1. The molecule has 0 saturated heterocycles. The third-order valence-electron chi connectivity index (χ3n) is 2.29. The first-order chi connectivity index (χ1) is 8.02. The lowest BCUT2D eigenvalue weighted by molar-refractivity contribution is -0.138. The Balaban J connectivity index is 2.61. The van der Waals surface area contributed by atoms with Gasteiger partial charge in [0.15, 0.2) is 0 Å². The van der Waals surface area contributed by atoms with Crippen molar-refractivity contribution in [3.63, 3.8) is 0 Å². The van der Waals surface area contributed by atoms with E-state index in [9.17, 15) is 9.90 Å². The molecular formula is C12H17NO4. The number of carboxylic acids is 1. The smallest absolute Gasteiger partial charge is 0.306 e. The van der Waals surface area contributed by atoms with E-state index in [2.05, 4.69) is 5.32 Å². The van der Waals surface area contributed by atoms with Crippen molar-refractivity contribution in [3.05, 3.63) is 23.8 Å². The SMILES string of the molecule is COc1ccc(C)cc1NCC(O)CC(=O)O. The van der Waals surface area contributed by atoms with Crippen LogP contribution in [0.15, 0.2) is 18.2 Å². The van der Waals surface area contributed by atoms with Crippen LogP contribution in [-0.4, -0.2) is 35.9 Å². The van der Waals surface area contributed by atoms with Crippen LogP contribution in [-0.2, 0) is 4.79 Å². The standard InChI is InChI=1S/C12H17NO4/c1-8-3-4-11(17-2)10(5-8)13-7-9(14)6-12(15)16/h3-5,9,13-14H,6-7H2,1-2H3,(H,15,16). The highest BCUT2D eigenvalue weighted by Crippen LogP contribution is 2.25. The Morgan fingerprint density at radius 1 is 1.53 bits per heavy atom. The molecule has 1 atom stereocenters. The zero-order chi connectivity index (χ0) is 12.8. The summed E-state index contributed by atoms with van der Waals surface area (Å²) in [6.45, 7) is 2.12. The van der Waals surface area contributed by atoms with E-state index in [1.165, 1.54) is 0 Å². The molecule has 0 bridgehead atoms. The normalized spacial score (nSPS) is 11.9. The monoisotopic (exact) mass is 239 g/mol. The van der Waals surface area contributed by atoms with Crippen molar-refractivity contribution >= 4 is 11.7 Å². The molecule has 1 unspecified atom stereocenters. The van der Waals surface area contributed by atoms with Crippen LogP contribution in [0, 0.1) is 6.92 Å². The van der Waals surface area contributed by atoms with E-state index in [-0.39, 0.29) is 13.0 Å². The molecule has 1 rings (SSSR count). The van der Waals surface area contributed by atoms with Crippen LogP contribution in [0.5, 0.6) is 5.75 Å². The average molecular weight is 239 g/mol. The number of hydrogen-bond donors (Lipinski definition) is 3. The minimum Gasteiger partial charge on any atom is -0.495 e. The Kier molecular flexibility index (Phi) is 4.78. The van der Waals surface area contributed by atoms with Crippen LogP contribution in [0.4, 0.5) is 5.69 Å². The van der Waals surface area contributed by atoms with Crippen molar-refractivity contribution in [3.8, 4) is 5.75 Å². The van der Waals surface area contributed by atoms with Crippen LogP contribution < -0.4 is 10.1 Å². The number of benzene rings is 1. The van der Waals surface area contributed by atoms with Gasteiger partial charge >= 0.3 is 5.97 Å². The van der Waals surface area contributed by atoms with E-state index in [1.807, 2.05) is 25.1 Å². The van der Waals surface area contributed by atoms with Crippen molar-refractivity contribution in [2.45, 2.75) is 19.4 Å². The van der Waals surface area contributed by atoms with E-state index in [4.69, 9.17) is 9.84 Å². The summed E-state index contributed by atoms with van der Waals surface area (Å²) in [6, 6.07) is 5.62. The van der Waals surface area contributed by atoms with E-state index in [0.717, 1.165) is 11.3 Å². The quantitative estimate of drug-likeness (QED) is 0.696. The number of anilines is 1. The topological polar surface area (TPSA) is 78.8 Å². The third-order valence-corrected chi connectivity index (χ3v) is 2.29. The Morgan fingerprint density at radius 2 is 2.24 bits per heavy atom. The Bertz CT molecular complexity index is 392. The summed E-state index contributed by atoms with van der Waals surface area (Å²) in [5, 5.41) is 20.9. The third kappa shape index (κ3) is 4.32. The lowest BCUT2D eigenvalue weighted by Crippen LogP contribution is -2.22. The zero-order valence-electron chi connectivity index (χ0n) is 9.93. The molecule has 5 nitrogen and oxygen atoms in total. The molecule has 0 heterocycles. The second kappa shape index (κ2) is 6.10. The number of methoxy groups -OCH3 is 1. The van der Waals surface area contributed by atoms with Crippen LogP contribution in [0.1, 0.15) is 12.0 Å². The summed E-state index contributed by atoms with van der Waals surface area (Å²) in [4.78, 5) is 10.4. The summed E-state index contributed by atoms with van der Waals surface area (Å²) < 4.78 is 5.15. The van der Waals surface area contributed by atoms with Gasteiger partial charge in [0, 0.05) is 6.54 Å². The lowest BCUT2D eigenvalue weighted by atomic mass is 10.2. The van der Waals surface area contributed by atoms with Gasteiger partial charge in [0.25, 0.3) is 0 Å². The molecule has 0 fully saturated rings. The van der Waals surface area contributed by atoms with Gasteiger partial charge in [-0.1, -0.05) is 6.07 Å². The van der Waals surface area contributed by atoms with Crippen molar-refractivity contribution in [1.29, 1.82) is 0 Å². The zero-order valence-corrected chi connectivity index (χ0v) is 9.93. The average Bonchev–Trinajstić information content (AvgIpc) is 2.25. The molecule has 0 saturated carbocycles. The highest BCUT2D eigenvalue weighted by Gasteiger charge is 2.10. The summed E-state index contributed by atoms with van der Waals surface area (Å²) in [6.07, 6.45) is -1.20. The first-order valence-corrected chi connectivity index (χ1v) is 5.31. The summed E-state index contributed by atoms with van der Waals surface area (Å²) in [7, 11) is 1.56. The molecule has 0 radical (unpaired) electrons. The molecule has 0 aromatic heterocycles. The molecule has 0 aliphatic rings. The van der Waals surface area contributed by atoms with E-state index >= 15 is 0 Å². The van der Waals surface area contributed by atoms with Crippen LogP contribution in [0.25, 0.3) is 0 Å². The molecule has 3 N–H and O–H groups in total. The fourth-order valence-electron chi connectivity index (χ4n) is 1.46. The Labute approximate surface area is 100 Å². The molecule has 94 valence electrons. The Morgan fingerprint density at radius 3 is 2.82 bits per heavy atom. The highest BCUT2D eigenvalue weighted by atomic mass is 16.5. The van der Waals surface area contributed by atoms with Crippen molar-refractivity contribution in [2.75, 3.05) is 19.0 Å². The largest absolute Gasteiger partial charge is 0.495 e. The predicted molar refractivity (Wildman–Crippen MR) is 64.5 cm³/mol. The lowest BCUT2D eigenvalue weighted by Gasteiger charge is -2.14. The molecule has 17 heavy (non-hydrogen) atoms. The number of rotatable bonds is 6. The molecule has 0 amide bonds. The van der Waals surface area contributed by atoms with Gasteiger partial charge in [0.05, 0.1) is 25.3 Å². The molecule has 0 aliphatic heterocycles. The fourth-order valence-corrected chi connectivity index (χ4v) is 1.46. The van der Waals surface area contributed by atoms with Gasteiger partial charge in [-0.2, -0.15) is 0 Å². The number of carbonyl (C=O) groups is 1. The number of aliphatic hydroxyl groups excluding tert-OH is 1. The van der Waals surface area contributed by atoms with Gasteiger partial charge in [-0.3, -0.25) is 4.79 Å². The molecule has 1 aromatic rings. The number of aliphatic hydroxyl groups is 1. The van der Waals surface area contributed by atoms with Gasteiger partial charge in [-0.15, -0.1) is 0 Å². The number of aliphatic carboxylic acids is 1. The van der Waals surface area contributed by atoms with Gasteiger partial charge < -0.3 is 20.3 Å². The fraction of sp³-hybridized carbons (Fsp3) is 0.417. The molecule has 1 aromatic carbocycles. The number of hydrogen-bond acceptors (Lipinski definition) is 4. The second-order valence-corrected chi connectivity index (χ2v) is 3.84.